The molecule has 1 heterocycles. The van der Waals surface area contributed by atoms with E-state index in [2.05, 4.69) is 17.4 Å². The molecule has 1 fully saturated rings. The van der Waals surface area contributed by atoms with E-state index >= 15 is 0 Å². The maximum atomic E-state index is 12.8. The van der Waals surface area contributed by atoms with Crippen molar-refractivity contribution in [1.29, 1.82) is 0 Å². The summed E-state index contributed by atoms with van der Waals surface area (Å²) in [6, 6.07) is 15.4. The second-order valence-electron chi connectivity index (χ2n) is 7.87. The quantitative estimate of drug-likeness (QED) is 0.687. The average molecular weight is 461 g/mol. The Bertz CT molecular complexity index is 1020. The van der Waals surface area contributed by atoms with E-state index in [1.54, 1.807) is 18.2 Å². The first-order valence-electron chi connectivity index (χ1n) is 10.7. The van der Waals surface area contributed by atoms with Crippen molar-refractivity contribution >= 4 is 27.7 Å². The molecule has 6 nitrogen and oxygen atoms in total. The largest absolute Gasteiger partial charge is 0.379 e. The normalized spacial score (nSPS) is 19.5. The van der Waals surface area contributed by atoms with Gasteiger partial charge in [0.05, 0.1) is 29.9 Å². The zero-order chi connectivity index (χ0) is 21.7. The number of hydrogen-bond donors (Lipinski definition) is 1. The molecule has 1 unspecified atom stereocenters. The van der Waals surface area contributed by atoms with Crippen molar-refractivity contribution < 1.29 is 17.9 Å². The lowest BCUT2D eigenvalue weighted by molar-refractivity contribution is -0.119. The fraction of sp³-hybridized carbons (Fsp3) is 0.435. The molecule has 0 saturated carbocycles. The van der Waals surface area contributed by atoms with Gasteiger partial charge in [0.2, 0.25) is 15.9 Å². The predicted octanol–water partition coefficient (Wildman–Crippen LogP) is 3.13. The Balaban J connectivity index is 1.31. The lowest BCUT2D eigenvalue weighted by Crippen LogP contribution is -2.40. The summed E-state index contributed by atoms with van der Waals surface area (Å²) in [4.78, 5) is 12.8. The number of fused-ring (bicyclic) bond motifs is 1. The molecule has 1 N–H and O–H groups in total. The Morgan fingerprint density at radius 2 is 1.94 bits per heavy atom. The minimum Gasteiger partial charge on any atom is -0.379 e. The van der Waals surface area contributed by atoms with Crippen molar-refractivity contribution in [2.24, 2.45) is 0 Å². The van der Waals surface area contributed by atoms with E-state index in [4.69, 9.17) is 4.74 Å². The molecule has 2 aliphatic rings. The number of carbonyl (C=O) groups excluding carboxylic acids is 1. The number of carbonyl (C=O) groups is 1. The number of benzene rings is 2. The van der Waals surface area contributed by atoms with Crippen molar-refractivity contribution in [2.45, 2.75) is 36.0 Å². The van der Waals surface area contributed by atoms with Crippen LogP contribution in [0, 0.1) is 0 Å². The van der Waals surface area contributed by atoms with Gasteiger partial charge >= 0.3 is 0 Å². The van der Waals surface area contributed by atoms with Crippen LogP contribution in [0.5, 0.6) is 0 Å². The number of sulfonamides is 1. The highest BCUT2D eigenvalue weighted by Crippen LogP contribution is 2.29. The molecule has 0 aromatic heterocycles. The minimum atomic E-state index is -3.51. The molecule has 1 amide bonds. The Hall–Kier alpha value is -1.87. The summed E-state index contributed by atoms with van der Waals surface area (Å²) >= 11 is 1.50. The number of nitrogens with one attached hydrogen (secondary N) is 1. The predicted molar refractivity (Wildman–Crippen MR) is 122 cm³/mol. The van der Waals surface area contributed by atoms with Crippen molar-refractivity contribution in [2.75, 3.05) is 32.1 Å². The standard InChI is InChI=1S/C23H28N2O4S2/c26-23(24-22-10-4-7-19-6-1-2-9-21(19)22)17-30-16-18-5-3-8-20(15-18)31(27,28)25-11-13-29-14-12-25/h1-3,5-6,8-9,15,22H,4,7,10-14,16-17H2,(H,24,26). The van der Waals surface area contributed by atoms with Gasteiger partial charge in [-0.3, -0.25) is 4.79 Å². The molecule has 1 aliphatic heterocycles. The van der Waals surface area contributed by atoms with Gasteiger partial charge in [0.15, 0.2) is 0 Å². The maximum Gasteiger partial charge on any atom is 0.243 e. The second kappa shape index (κ2) is 10.2. The van der Waals surface area contributed by atoms with Crippen LogP contribution < -0.4 is 5.32 Å². The first-order valence-corrected chi connectivity index (χ1v) is 13.3. The van der Waals surface area contributed by atoms with Crippen LogP contribution in [0.25, 0.3) is 0 Å². The molecular formula is C23H28N2O4S2. The van der Waals surface area contributed by atoms with Gasteiger partial charge in [0.25, 0.3) is 0 Å². The lowest BCUT2D eigenvalue weighted by Gasteiger charge is -2.26. The summed E-state index contributed by atoms with van der Waals surface area (Å²) in [6.45, 7) is 1.61. The summed E-state index contributed by atoms with van der Waals surface area (Å²) in [6.07, 6.45) is 3.12. The SMILES string of the molecule is O=C(CSCc1cccc(S(=O)(=O)N2CCOCC2)c1)NC1CCCc2ccccc21. The number of ether oxygens (including phenoxy) is 1. The fourth-order valence-electron chi connectivity index (χ4n) is 4.13. The van der Waals surface area contributed by atoms with Crippen LogP contribution >= 0.6 is 11.8 Å². The number of amides is 1. The third kappa shape index (κ3) is 5.49. The maximum absolute atomic E-state index is 12.8. The number of nitrogens with zero attached hydrogens (tertiary/aromatic N) is 1. The van der Waals surface area contributed by atoms with Gasteiger partial charge in [-0.05, 0) is 48.1 Å². The van der Waals surface area contributed by atoms with Crippen LogP contribution in [-0.4, -0.2) is 50.7 Å². The topological polar surface area (TPSA) is 75.7 Å². The zero-order valence-corrected chi connectivity index (χ0v) is 19.1. The highest BCUT2D eigenvalue weighted by molar-refractivity contribution is 7.99. The van der Waals surface area contributed by atoms with E-state index in [0.29, 0.717) is 42.7 Å². The van der Waals surface area contributed by atoms with E-state index < -0.39 is 10.0 Å². The van der Waals surface area contributed by atoms with Gasteiger partial charge in [-0.2, -0.15) is 4.31 Å². The van der Waals surface area contributed by atoms with Crippen LogP contribution in [0.2, 0.25) is 0 Å². The van der Waals surface area contributed by atoms with E-state index in [0.717, 1.165) is 24.8 Å². The summed E-state index contributed by atoms with van der Waals surface area (Å²) in [5.74, 6) is 0.948. The number of morpholine rings is 1. The Labute approximate surface area is 188 Å². The number of aryl methyl sites for hydroxylation is 1. The highest BCUT2D eigenvalue weighted by atomic mass is 32.2. The summed E-state index contributed by atoms with van der Waals surface area (Å²) < 4.78 is 32.4. The van der Waals surface area contributed by atoms with Crippen LogP contribution in [0.3, 0.4) is 0 Å². The molecule has 0 bridgehead atoms. The molecule has 166 valence electrons. The average Bonchev–Trinajstić information content (AvgIpc) is 2.80. The van der Waals surface area contributed by atoms with Gasteiger partial charge in [0.1, 0.15) is 0 Å². The summed E-state index contributed by atoms with van der Waals surface area (Å²) in [5, 5.41) is 3.17. The molecular weight excluding hydrogens is 432 g/mol. The Kier molecular flexibility index (Phi) is 7.32. The molecule has 1 atom stereocenters. The molecule has 2 aromatic rings. The van der Waals surface area contributed by atoms with E-state index in [1.807, 2.05) is 18.2 Å². The van der Waals surface area contributed by atoms with Crippen molar-refractivity contribution in [3.05, 3.63) is 65.2 Å². The molecule has 8 heteroatoms. The van der Waals surface area contributed by atoms with Gasteiger partial charge in [-0.1, -0.05) is 36.4 Å². The Morgan fingerprint density at radius 1 is 1.13 bits per heavy atom. The highest BCUT2D eigenvalue weighted by Gasteiger charge is 2.26. The van der Waals surface area contributed by atoms with E-state index in [1.165, 1.54) is 27.2 Å². The second-order valence-corrected chi connectivity index (χ2v) is 10.8. The monoisotopic (exact) mass is 460 g/mol. The van der Waals surface area contributed by atoms with Gasteiger partial charge in [0, 0.05) is 18.8 Å². The smallest absolute Gasteiger partial charge is 0.243 e. The van der Waals surface area contributed by atoms with Crippen molar-refractivity contribution in [3.63, 3.8) is 0 Å². The van der Waals surface area contributed by atoms with Gasteiger partial charge in [-0.25, -0.2) is 8.42 Å². The molecule has 0 radical (unpaired) electrons. The third-order valence-corrected chi connectivity index (χ3v) is 8.61. The third-order valence-electron chi connectivity index (χ3n) is 5.71. The Morgan fingerprint density at radius 3 is 2.77 bits per heavy atom. The fourth-order valence-corrected chi connectivity index (χ4v) is 6.40. The van der Waals surface area contributed by atoms with E-state index in [-0.39, 0.29) is 11.9 Å². The number of thioether (sulfide) groups is 1. The van der Waals surface area contributed by atoms with Gasteiger partial charge < -0.3 is 10.1 Å². The summed E-state index contributed by atoms with van der Waals surface area (Å²) in [5.41, 5.74) is 3.45. The molecule has 1 saturated heterocycles. The van der Waals surface area contributed by atoms with Crippen molar-refractivity contribution in [3.8, 4) is 0 Å². The molecule has 0 spiro atoms. The summed E-state index contributed by atoms with van der Waals surface area (Å²) in [7, 11) is -3.51. The number of hydrogen-bond acceptors (Lipinski definition) is 5. The first kappa shape index (κ1) is 22.3. The first-order chi connectivity index (χ1) is 15.0. The zero-order valence-electron chi connectivity index (χ0n) is 17.5. The van der Waals surface area contributed by atoms with Crippen LogP contribution in [0.1, 0.15) is 35.6 Å². The van der Waals surface area contributed by atoms with Crippen molar-refractivity contribution in [1.82, 2.24) is 9.62 Å². The molecule has 4 rings (SSSR count). The molecule has 31 heavy (non-hydrogen) atoms. The van der Waals surface area contributed by atoms with Gasteiger partial charge in [-0.15, -0.1) is 11.8 Å². The molecule has 1 aliphatic carbocycles. The van der Waals surface area contributed by atoms with Crippen LogP contribution in [0.4, 0.5) is 0 Å². The molecule has 2 aromatic carbocycles. The lowest BCUT2D eigenvalue weighted by atomic mass is 9.88. The minimum absolute atomic E-state index is 0.0174. The van der Waals surface area contributed by atoms with Crippen LogP contribution in [0.15, 0.2) is 53.4 Å². The van der Waals surface area contributed by atoms with Crippen LogP contribution in [-0.2, 0) is 31.7 Å². The van der Waals surface area contributed by atoms with E-state index in [9.17, 15) is 13.2 Å². The number of rotatable bonds is 7.